The van der Waals surface area contributed by atoms with Crippen LogP contribution in [0.4, 0.5) is 11.6 Å². The minimum absolute atomic E-state index is 0.102. The zero-order valence-electron chi connectivity index (χ0n) is 11.5. The Morgan fingerprint density at radius 1 is 1.21 bits per heavy atom. The van der Waals surface area contributed by atoms with Crippen molar-refractivity contribution < 1.29 is 0 Å². The van der Waals surface area contributed by atoms with Gasteiger partial charge < -0.3 is 10.6 Å². The van der Waals surface area contributed by atoms with E-state index >= 15 is 0 Å². The van der Waals surface area contributed by atoms with Crippen molar-refractivity contribution in [1.29, 1.82) is 0 Å². The Hall–Kier alpha value is -2.17. The second kappa shape index (κ2) is 6.13. The van der Waals surface area contributed by atoms with Crippen LogP contribution < -0.4 is 10.6 Å². The summed E-state index contributed by atoms with van der Waals surface area (Å²) in [6.07, 6.45) is 2.60. The van der Waals surface area contributed by atoms with Crippen molar-refractivity contribution >= 4 is 11.6 Å². The van der Waals surface area contributed by atoms with Gasteiger partial charge >= 0.3 is 0 Å². The lowest BCUT2D eigenvalue weighted by atomic mass is 10.2. The molecule has 0 bridgehead atoms. The maximum Gasteiger partial charge on any atom is 0.132 e. The zero-order chi connectivity index (χ0) is 13.7. The van der Waals surface area contributed by atoms with Gasteiger partial charge in [-0.25, -0.2) is 9.97 Å². The average Bonchev–Trinajstić information content (AvgIpc) is 2.47. The lowest BCUT2D eigenvalue weighted by Crippen LogP contribution is -2.11. The number of nitrogens with zero attached hydrogens (tertiary/aromatic N) is 3. The topological polar surface area (TPSA) is 62.7 Å². The van der Waals surface area contributed by atoms with Crippen LogP contribution in [0.3, 0.4) is 0 Å². The van der Waals surface area contributed by atoms with Crippen LogP contribution in [-0.4, -0.2) is 22.0 Å². The Kier molecular flexibility index (Phi) is 4.28. The maximum atomic E-state index is 4.48. The summed E-state index contributed by atoms with van der Waals surface area (Å²) in [5, 5.41) is 6.40. The highest BCUT2D eigenvalue weighted by Gasteiger charge is 2.08. The van der Waals surface area contributed by atoms with E-state index in [1.807, 2.05) is 38.2 Å². The van der Waals surface area contributed by atoms with E-state index in [1.54, 1.807) is 6.20 Å². The van der Waals surface area contributed by atoms with E-state index in [-0.39, 0.29) is 6.04 Å². The molecule has 0 aliphatic heterocycles. The van der Waals surface area contributed by atoms with Crippen LogP contribution in [0.15, 0.2) is 30.5 Å². The lowest BCUT2D eigenvalue weighted by molar-refractivity contribution is 0.823. The third kappa shape index (κ3) is 3.40. The number of aryl methyl sites for hydroxylation is 1. The summed E-state index contributed by atoms with van der Waals surface area (Å²) in [6.45, 7) is 4.11. The molecule has 2 heterocycles. The van der Waals surface area contributed by atoms with Gasteiger partial charge in [0.1, 0.15) is 17.5 Å². The normalized spacial score (nSPS) is 11.9. The zero-order valence-corrected chi connectivity index (χ0v) is 11.5. The molecule has 1 unspecified atom stereocenters. The van der Waals surface area contributed by atoms with E-state index in [9.17, 15) is 0 Å². The standard InChI is InChI=1S/C14H19N5/c1-4-12-18-13(15-3)9-14(19-12)17-10(2)11-7-5-6-8-16-11/h5-10H,4H2,1-3H3,(H2,15,17,18,19). The highest BCUT2D eigenvalue weighted by atomic mass is 15.1. The SMILES string of the molecule is CCc1nc(NC)cc(NC(C)c2ccccn2)n1. The molecule has 0 spiro atoms. The largest absolute Gasteiger partial charge is 0.373 e. The van der Waals surface area contributed by atoms with Crippen LogP contribution in [0, 0.1) is 0 Å². The molecule has 0 saturated carbocycles. The van der Waals surface area contributed by atoms with Gasteiger partial charge in [0.2, 0.25) is 0 Å². The molecule has 2 rings (SSSR count). The average molecular weight is 257 g/mol. The summed E-state index contributed by atoms with van der Waals surface area (Å²) in [4.78, 5) is 13.2. The first kappa shape index (κ1) is 13.3. The molecule has 0 fully saturated rings. The second-order valence-electron chi connectivity index (χ2n) is 4.28. The number of pyridine rings is 1. The van der Waals surface area contributed by atoms with E-state index in [0.717, 1.165) is 29.6 Å². The van der Waals surface area contributed by atoms with Crippen LogP contribution in [0.25, 0.3) is 0 Å². The summed E-state index contributed by atoms with van der Waals surface area (Å²) in [5.41, 5.74) is 0.991. The molecule has 0 aliphatic carbocycles. The van der Waals surface area contributed by atoms with Crippen molar-refractivity contribution in [1.82, 2.24) is 15.0 Å². The minimum Gasteiger partial charge on any atom is -0.373 e. The molecule has 100 valence electrons. The fourth-order valence-corrected chi connectivity index (χ4v) is 1.79. The summed E-state index contributed by atoms with van der Waals surface area (Å²) in [7, 11) is 1.85. The summed E-state index contributed by atoms with van der Waals surface area (Å²) in [5.74, 6) is 2.46. The van der Waals surface area contributed by atoms with Gasteiger partial charge in [-0.1, -0.05) is 13.0 Å². The number of nitrogens with one attached hydrogen (secondary N) is 2. The fourth-order valence-electron chi connectivity index (χ4n) is 1.79. The Labute approximate surface area is 113 Å². The molecular formula is C14H19N5. The van der Waals surface area contributed by atoms with Crippen LogP contribution in [0.5, 0.6) is 0 Å². The molecule has 0 radical (unpaired) electrons. The minimum atomic E-state index is 0.102. The van der Waals surface area contributed by atoms with Crippen LogP contribution in [0.1, 0.15) is 31.4 Å². The van der Waals surface area contributed by atoms with E-state index < -0.39 is 0 Å². The molecular weight excluding hydrogens is 238 g/mol. The second-order valence-corrected chi connectivity index (χ2v) is 4.28. The molecule has 2 N–H and O–H groups in total. The van der Waals surface area contributed by atoms with E-state index in [4.69, 9.17) is 0 Å². The third-order valence-corrected chi connectivity index (χ3v) is 2.84. The van der Waals surface area contributed by atoms with Gasteiger partial charge in [0.05, 0.1) is 11.7 Å². The van der Waals surface area contributed by atoms with Crippen LogP contribution in [-0.2, 0) is 6.42 Å². The third-order valence-electron chi connectivity index (χ3n) is 2.84. The predicted molar refractivity (Wildman–Crippen MR) is 77.2 cm³/mol. The van der Waals surface area contributed by atoms with Gasteiger partial charge in [-0.05, 0) is 19.1 Å². The van der Waals surface area contributed by atoms with Crippen molar-refractivity contribution in [3.63, 3.8) is 0 Å². The van der Waals surface area contributed by atoms with Crippen molar-refractivity contribution in [2.75, 3.05) is 17.7 Å². The van der Waals surface area contributed by atoms with Crippen molar-refractivity contribution in [3.05, 3.63) is 42.0 Å². The highest BCUT2D eigenvalue weighted by molar-refractivity contribution is 5.48. The fraction of sp³-hybridized carbons (Fsp3) is 0.357. The van der Waals surface area contributed by atoms with Gasteiger partial charge in [-0.2, -0.15) is 0 Å². The van der Waals surface area contributed by atoms with E-state index in [1.165, 1.54) is 0 Å². The van der Waals surface area contributed by atoms with E-state index in [2.05, 4.69) is 32.5 Å². The molecule has 0 saturated heterocycles. The smallest absolute Gasteiger partial charge is 0.132 e. The first-order chi connectivity index (χ1) is 9.22. The molecule has 5 nitrogen and oxygen atoms in total. The number of hydrogen-bond acceptors (Lipinski definition) is 5. The van der Waals surface area contributed by atoms with Crippen molar-refractivity contribution in [3.8, 4) is 0 Å². The molecule has 0 aliphatic rings. The molecule has 0 aromatic carbocycles. The van der Waals surface area contributed by atoms with Crippen LogP contribution in [0.2, 0.25) is 0 Å². The van der Waals surface area contributed by atoms with Gasteiger partial charge in [-0.15, -0.1) is 0 Å². The quantitative estimate of drug-likeness (QED) is 0.862. The molecule has 19 heavy (non-hydrogen) atoms. The number of rotatable bonds is 5. The maximum absolute atomic E-state index is 4.48. The number of hydrogen-bond donors (Lipinski definition) is 2. The van der Waals surface area contributed by atoms with Crippen LogP contribution >= 0.6 is 0 Å². The first-order valence-corrected chi connectivity index (χ1v) is 6.46. The van der Waals surface area contributed by atoms with Gasteiger partial charge in [0.15, 0.2) is 0 Å². The molecule has 0 amide bonds. The summed E-state index contributed by atoms with van der Waals surface area (Å²) < 4.78 is 0. The number of aromatic nitrogens is 3. The van der Waals surface area contributed by atoms with Crippen molar-refractivity contribution in [2.45, 2.75) is 26.3 Å². The van der Waals surface area contributed by atoms with Gasteiger partial charge in [0.25, 0.3) is 0 Å². The molecule has 2 aromatic rings. The summed E-state index contributed by atoms with van der Waals surface area (Å²) >= 11 is 0. The van der Waals surface area contributed by atoms with Gasteiger partial charge in [-0.3, -0.25) is 4.98 Å². The monoisotopic (exact) mass is 257 g/mol. The predicted octanol–water partition coefficient (Wildman–Crippen LogP) is 2.65. The molecule has 5 heteroatoms. The van der Waals surface area contributed by atoms with E-state index in [0.29, 0.717) is 0 Å². The highest BCUT2D eigenvalue weighted by Crippen LogP contribution is 2.18. The van der Waals surface area contributed by atoms with Crippen molar-refractivity contribution in [2.24, 2.45) is 0 Å². The lowest BCUT2D eigenvalue weighted by Gasteiger charge is -2.15. The molecule has 2 aromatic heterocycles. The number of anilines is 2. The Morgan fingerprint density at radius 2 is 2.00 bits per heavy atom. The first-order valence-electron chi connectivity index (χ1n) is 6.46. The summed E-state index contributed by atoms with van der Waals surface area (Å²) in [6, 6.07) is 7.90. The Morgan fingerprint density at radius 3 is 2.63 bits per heavy atom. The molecule has 1 atom stereocenters. The Bertz CT molecular complexity index is 504. The van der Waals surface area contributed by atoms with Gasteiger partial charge in [0, 0.05) is 25.7 Å². The Balaban J connectivity index is 2.18.